The lowest BCUT2D eigenvalue weighted by molar-refractivity contribution is -0.346. The van der Waals surface area contributed by atoms with Crippen LogP contribution in [-0.2, 0) is 71.8 Å². The molecule has 7 rings (SSSR count). The molecule has 1 amide bonds. The van der Waals surface area contributed by atoms with Crippen LogP contribution >= 0.6 is 0 Å². The summed E-state index contributed by atoms with van der Waals surface area (Å²) < 4.78 is 66.7. The van der Waals surface area contributed by atoms with Crippen LogP contribution in [-0.4, -0.2) is 139 Å². The van der Waals surface area contributed by atoms with Crippen LogP contribution in [0.25, 0.3) is 0 Å². The van der Waals surface area contributed by atoms with E-state index >= 15 is 9.59 Å². The Balaban J connectivity index is 1.42. The van der Waals surface area contributed by atoms with Gasteiger partial charge in [-0.3, -0.25) is 28.8 Å². The molecule has 11 atom stereocenters. The lowest BCUT2D eigenvalue weighted by atomic mass is 9.44. The first kappa shape index (κ1) is 54.0. The number of aliphatic hydroxyl groups excluding tert-OH is 1. The molecular formula is C52H57NO19S. The van der Waals surface area contributed by atoms with Crippen LogP contribution in [0.2, 0.25) is 0 Å². The molecular weight excluding hydrogens is 975 g/mol. The lowest BCUT2D eigenvalue weighted by Gasteiger charge is -2.67. The van der Waals surface area contributed by atoms with E-state index in [4.69, 9.17) is 28.4 Å². The maximum Gasteiger partial charge on any atom is 0.350 e. The van der Waals surface area contributed by atoms with Gasteiger partial charge in [0.25, 0.3) is 5.91 Å². The number of aliphatic hydroxyl groups is 2. The summed E-state index contributed by atoms with van der Waals surface area (Å²) in [6.07, 6.45) is -11.7. The van der Waals surface area contributed by atoms with Crippen molar-refractivity contribution >= 4 is 57.3 Å². The number of rotatable bonds is 15. The number of benzene rings is 3. The molecule has 3 aromatic carbocycles. The van der Waals surface area contributed by atoms with Crippen molar-refractivity contribution in [3.8, 4) is 0 Å². The maximum atomic E-state index is 15.7. The summed E-state index contributed by atoms with van der Waals surface area (Å²) in [4.78, 5) is 111. The zero-order valence-corrected chi connectivity index (χ0v) is 41.9. The van der Waals surface area contributed by atoms with E-state index in [-0.39, 0.29) is 34.3 Å². The monoisotopic (exact) mass is 1030 g/mol. The number of carbonyl (C=O) groups excluding carboxylic acids is 8. The molecule has 3 aliphatic carbocycles. The highest BCUT2D eigenvalue weighted by Gasteiger charge is 2.78. The predicted molar refractivity (Wildman–Crippen MR) is 252 cm³/mol. The van der Waals surface area contributed by atoms with E-state index in [2.05, 4.69) is 10.1 Å². The van der Waals surface area contributed by atoms with Gasteiger partial charge in [0.15, 0.2) is 27.3 Å². The van der Waals surface area contributed by atoms with E-state index in [9.17, 15) is 47.4 Å². The summed E-state index contributed by atoms with van der Waals surface area (Å²) >= 11 is 0. The van der Waals surface area contributed by atoms with Crippen molar-refractivity contribution in [1.82, 2.24) is 5.32 Å². The van der Waals surface area contributed by atoms with Crippen molar-refractivity contribution in [2.24, 2.45) is 16.7 Å². The molecule has 3 N–H and O–H groups in total. The van der Waals surface area contributed by atoms with E-state index in [0.29, 0.717) is 0 Å². The molecule has 2 saturated carbocycles. The molecule has 1 aliphatic heterocycles. The second-order valence-electron chi connectivity index (χ2n) is 19.4. The second kappa shape index (κ2) is 20.6. The summed E-state index contributed by atoms with van der Waals surface area (Å²) in [6.45, 7) is 7.45. The predicted octanol–water partition coefficient (Wildman–Crippen LogP) is 2.87. The Hall–Kier alpha value is -6.81. The molecule has 20 nitrogen and oxygen atoms in total. The van der Waals surface area contributed by atoms with E-state index in [1.165, 1.54) is 64.1 Å². The molecule has 73 heavy (non-hydrogen) atoms. The van der Waals surface area contributed by atoms with Crippen molar-refractivity contribution in [2.45, 2.75) is 108 Å². The van der Waals surface area contributed by atoms with E-state index < -0.39 is 152 Å². The molecule has 3 fully saturated rings. The van der Waals surface area contributed by atoms with Crippen LogP contribution in [0.4, 0.5) is 0 Å². The topological polar surface area (TPSA) is 288 Å². The summed E-state index contributed by atoms with van der Waals surface area (Å²) in [5.41, 5.74) is -8.32. The number of hydrogen-bond acceptors (Lipinski definition) is 19. The third kappa shape index (κ3) is 10.1. The molecule has 3 aromatic rings. The first-order valence-electron chi connectivity index (χ1n) is 23.3. The number of nitrogens with one attached hydrogen (secondary N) is 1. The van der Waals surface area contributed by atoms with Crippen molar-refractivity contribution in [1.29, 1.82) is 0 Å². The van der Waals surface area contributed by atoms with Gasteiger partial charge in [0.1, 0.15) is 41.5 Å². The minimum Gasteiger partial charge on any atom is -0.468 e. The maximum absolute atomic E-state index is 15.7. The number of sulfone groups is 1. The molecule has 0 aromatic heterocycles. The molecule has 1 heterocycles. The molecule has 0 spiro atoms. The molecule has 4 aliphatic rings. The van der Waals surface area contributed by atoms with Gasteiger partial charge in [0, 0.05) is 37.7 Å². The number of Topliss-reactive ketones (excluding diaryl/α,β-unsaturated/α-hetero) is 1. The van der Waals surface area contributed by atoms with Crippen LogP contribution < -0.4 is 5.32 Å². The number of carbonyl (C=O) groups is 8. The highest BCUT2D eigenvalue weighted by molar-refractivity contribution is 7.92. The number of ether oxygens (including phenoxy) is 7. The van der Waals surface area contributed by atoms with Gasteiger partial charge < -0.3 is 48.7 Å². The number of fused-ring (bicyclic) bond motifs is 5. The SMILES string of the molecule is COC(=O)CS(=O)(=O)CC(=O)O[C@@H](C(=O)O[C@H]1C[C@@]2(O)[C@@H](OC(=O)c3ccccc3)[C@@H]3[C@]4(OC(C)=O)CO[C@@H]4C[C@H](O)[C@@]3(C)C(=O)[C@H](OC(C)=O)C(=C1C)C2(C)C)[C@@H](NC(=O)c1ccccc1)c1ccccc1. The van der Waals surface area contributed by atoms with E-state index in [1.54, 1.807) is 54.6 Å². The van der Waals surface area contributed by atoms with Crippen molar-refractivity contribution in [3.63, 3.8) is 0 Å². The fourth-order valence-corrected chi connectivity index (χ4v) is 11.9. The number of esters is 6. The minimum atomic E-state index is -4.59. The van der Waals surface area contributed by atoms with Crippen molar-refractivity contribution in [3.05, 3.63) is 119 Å². The van der Waals surface area contributed by atoms with Gasteiger partial charge in [-0.25, -0.2) is 18.0 Å². The number of hydrogen-bond donors (Lipinski definition) is 3. The fraction of sp³-hybridized carbons (Fsp3) is 0.462. The van der Waals surface area contributed by atoms with Gasteiger partial charge in [0.2, 0.25) is 6.10 Å². The Morgan fingerprint density at radius 1 is 0.808 bits per heavy atom. The lowest BCUT2D eigenvalue weighted by Crippen LogP contribution is -2.82. The minimum absolute atomic E-state index is 0.00964. The van der Waals surface area contributed by atoms with Crippen LogP contribution in [0, 0.1) is 16.7 Å². The van der Waals surface area contributed by atoms with Crippen molar-refractivity contribution < 1.29 is 90.1 Å². The smallest absolute Gasteiger partial charge is 0.350 e. The first-order chi connectivity index (χ1) is 34.3. The first-order valence-corrected chi connectivity index (χ1v) is 25.1. The summed E-state index contributed by atoms with van der Waals surface area (Å²) in [6, 6.07) is 21.3. The van der Waals surface area contributed by atoms with Gasteiger partial charge >= 0.3 is 35.8 Å². The normalized spacial score (nSPS) is 28.9. The summed E-state index contributed by atoms with van der Waals surface area (Å²) in [5.74, 6) is -13.1. The van der Waals surface area contributed by atoms with Crippen LogP contribution in [0.3, 0.4) is 0 Å². The van der Waals surface area contributed by atoms with Crippen LogP contribution in [0.5, 0.6) is 0 Å². The Bertz CT molecular complexity index is 2820. The Kier molecular flexibility index (Phi) is 15.2. The average Bonchev–Trinajstić information content (AvgIpc) is 3.33. The van der Waals surface area contributed by atoms with Crippen LogP contribution in [0.1, 0.15) is 86.7 Å². The number of methoxy groups -OCH3 is 1. The second-order valence-corrected chi connectivity index (χ2v) is 21.5. The van der Waals surface area contributed by atoms with Crippen LogP contribution in [0.15, 0.2) is 102 Å². The molecule has 1 saturated heterocycles. The van der Waals surface area contributed by atoms with Gasteiger partial charge in [0.05, 0.1) is 36.7 Å². The summed E-state index contributed by atoms with van der Waals surface area (Å²) in [5, 5.41) is 28.8. The zero-order chi connectivity index (χ0) is 53.4. The third-order valence-electron chi connectivity index (χ3n) is 14.6. The highest BCUT2D eigenvalue weighted by atomic mass is 32.2. The summed E-state index contributed by atoms with van der Waals surface area (Å²) in [7, 11) is -3.65. The Morgan fingerprint density at radius 2 is 1.38 bits per heavy atom. The zero-order valence-electron chi connectivity index (χ0n) is 41.1. The standard InChI is InChI=1S/C52H57NO19S/c1-28-34(69-48(62)42(70-38(58)26-73(64,65)25-37(57)66-7)40(31-17-11-8-12-18-31)53-46(60)32-19-13-9-14-20-32)24-52(63)45(71-47(61)33-21-15-10-16-22-33)43-50(6,35(56)23-36-51(43,27-67-36)72-30(3)55)44(59)41(68-29(2)54)39(28)49(52,4)5/h8-22,34-36,40-43,45,56,63H,23-27H2,1-7H3,(H,53,60)/t34-,35-,36+,40-,41+,42+,43-,45-,50+,51-,52+/m0/s1. The number of ketones is 1. The average molecular weight is 1030 g/mol. The fourth-order valence-electron chi connectivity index (χ4n) is 10.9. The van der Waals surface area contributed by atoms with Gasteiger partial charge in [-0.15, -0.1) is 0 Å². The van der Waals surface area contributed by atoms with Gasteiger partial charge in [-0.1, -0.05) is 80.6 Å². The molecule has 21 heteroatoms. The largest absolute Gasteiger partial charge is 0.468 e. The Labute approximate surface area is 420 Å². The van der Waals surface area contributed by atoms with E-state index in [0.717, 1.165) is 21.0 Å². The highest BCUT2D eigenvalue weighted by Crippen LogP contribution is 2.64. The Morgan fingerprint density at radius 3 is 1.93 bits per heavy atom. The third-order valence-corrected chi connectivity index (χ3v) is 16.0. The quantitative estimate of drug-likeness (QED) is 0.112. The molecule has 0 unspecified atom stereocenters. The molecule has 2 bridgehead atoms. The molecule has 390 valence electrons. The van der Waals surface area contributed by atoms with Gasteiger partial charge in [-0.05, 0) is 54.8 Å². The van der Waals surface area contributed by atoms with Crippen molar-refractivity contribution in [2.75, 3.05) is 25.2 Å². The number of amides is 1. The molecule has 0 radical (unpaired) electrons. The van der Waals surface area contributed by atoms with E-state index in [1.807, 2.05) is 0 Å². The van der Waals surface area contributed by atoms with Gasteiger partial charge in [-0.2, -0.15) is 0 Å².